The lowest BCUT2D eigenvalue weighted by Crippen LogP contribution is -1.93. The first-order chi connectivity index (χ1) is 10.3. The summed E-state index contributed by atoms with van der Waals surface area (Å²) in [6.07, 6.45) is 5.09. The molecule has 106 valence electrons. The van der Waals surface area contributed by atoms with Crippen LogP contribution < -0.4 is 0 Å². The number of aryl methyl sites for hydroxylation is 1. The van der Waals surface area contributed by atoms with Crippen molar-refractivity contribution in [1.29, 1.82) is 0 Å². The average Bonchev–Trinajstić information content (AvgIpc) is 2.51. The summed E-state index contributed by atoms with van der Waals surface area (Å²) in [6, 6.07) is 11.7. The number of halogens is 1. The van der Waals surface area contributed by atoms with Gasteiger partial charge in [0.15, 0.2) is 0 Å². The van der Waals surface area contributed by atoms with Gasteiger partial charge in [-0.1, -0.05) is 47.3 Å². The fraction of sp³-hybridized carbons (Fsp3) is 0.176. The fourth-order valence-corrected chi connectivity index (χ4v) is 1.88. The second-order valence-electron chi connectivity index (χ2n) is 4.49. The zero-order chi connectivity index (χ0) is 14.9. The van der Waals surface area contributed by atoms with Crippen LogP contribution in [0.2, 0.25) is 0 Å². The zero-order valence-corrected chi connectivity index (χ0v) is 11.5. The molecule has 0 amide bonds. The summed E-state index contributed by atoms with van der Waals surface area (Å²) < 4.78 is 13.2. The van der Waals surface area contributed by atoms with E-state index >= 15 is 0 Å². The lowest BCUT2D eigenvalue weighted by atomic mass is 10.1. The third-order valence-corrected chi connectivity index (χ3v) is 2.91. The summed E-state index contributed by atoms with van der Waals surface area (Å²) in [5.41, 5.74) is 2.02. The Balaban J connectivity index is 1.89. The Bertz CT molecular complexity index is 672. The Kier molecular flexibility index (Phi) is 5.48. The van der Waals surface area contributed by atoms with E-state index < -0.39 is 5.95 Å². The second-order valence-corrected chi connectivity index (χ2v) is 4.49. The van der Waals surface area contributed by atoms with Crippen LogP contribution in [0.5, 0.6) is 0 Å². The molecular weight excluding hydrogens is 267 g/mol. The Morgan fingerprint density at radius 3 is 2.86 bits per heavy atom. The first kappa shape index (κ1) is 14.7. The monoisotopic (exact) mass is 282 g/mol. The van der Waals surface area contributed by atoms with E-state index in [0.29, 0.717) is 5.56 Å². The van der Waals surface area contributed by atoms with Crippen LogP contribution in [0.3, 0.4) is 0 Å². The van der Waals surface area contributed by atoms with Crippen molar-refractivity contribution < 1.29 is 9.60 Å². The maximum Gasteiger partial charge on any atom is 0.221 e. The first-order valence-electron chi connectivity index (χ1n) is 6.65. The van der Waals surface area contributed by atoms with Crippen molar-refractivity contribution in [1.82, 2.24) is 4.98 Å². The van der Waals surface area contributed by atoms with E-state index in [2.05, 4.69) is 34.1 Å². The number of benzene rings is 1. The Morgan fingerprint density at radius 2 is 2.10 bits per heavy atom. The van der Waals surface area contributed by atoms with Crippen LogP contribution in [0, 0.1) is 17.8 Å². The highest BCUT2D eigenvalue weighted by Crippen LogP contribution is 2.06. The van der Waals surface area contributed by atoms with E-state index in [1.54, 1.807) is 0 Å². The van der Waals surface area contributed by atoms with Gasteiger partial charge in [-0.05, 0) is 24.5 Å². The van der Waals surface area contributed by atoms with Gasteiger partial charge < -0.3 is 5.21 Å². The maximum atomic E-state index is 13.2. The van der Waals surface area contributed by atoms with Gasteiger partial charge in [-0.25, -0.2) is 4.98 Å². The minimum absolute atomic E-state index is 0.119. The number of aromatic nitrogens is 1. The van der Waals surface area contributed by atoms with E-state index in [1.807, 2.05) is 18.2 Å². The van der Waals surface area contributed by atoms with Crippen molar-refractivity contribution in [2.75, 3.05) is 0 Å². The molecule has 0 saturated heterocycles. The lowest BCUT2D eigenvalue weighted by Gasteiger charge is -1.97. The van der Waals surface area contributed by atoms with Crippen molar-refractivity contribution in [3.05, 3.63) is 65.2 Å². The smallest absolute Gasteiger partial charge is 0.221 e. The van der Waals surface area contributed by atoms with Gasteiger partial charge >= 0.3 is 0 Å². The molecule has 0 aliphatic rings. The molecule has 4 heteroatoms. The Hall–Kier alpha value is -2.67. The van der Waals surface area contributed by atoms with Gasteiger partial charge in [0.1, 0.15) is 0 Å². The molecule has 1 heterocycles. The van der Waals surface area contributed by atoms with Crippen molar-refractivity contribution in [2.24, 2.45) is 5.16 Å². The Labute approximate surface area is 123 Å². The maximum absolute atomic E-state index is 13.2. The highest BCUT2D eigenvalue weighted by molar-refractivity contribution is 5.79. The third-order valence-electron chi connectivity index (χ3n) is 2.91. The SMILES string of the molecule is ON=Cc1cc(C#CCCCc2ccccc2)cnc1F. The molecule has 0 aliphatic carbocycles. The standard InChI is InChI=1S/C17H15FN2O/c18-17-16(13-20-21)11-15(12-19-17)10-6-2-5-9-14-7-3-1-4-8-14/h1,3-4,7-8,11-13,21H,2,5,9H2. The molecule has 0 radical (unpaired) electrons. The van der Waals surface area contributed by atoms with E-state index in [4.69, 9.17) is 5.21 Å². The molecule has 21 heavy (non-hydrogen) atoms. The summed E-state index contributed by atoms with van der Waals surface area (Å²) in [6.45, 7) is 0. The number of hydrogen-bond donors (Lipinski definition) is 1. The number of hydrogen-bond acceptors (Lipinski definition) is 3. The van der Waals surface area contributed by atoms with Gasteiger partial charge in [0, 0.05) is 18.2 Å². The fourth-order valence-electron chi connectivity index (χ4n) is 1.88. The largest absolute Gasteiger partial charge is 0.411 e. The highest BCUT2D eigenvalue weighted by Gasteiger charge is 2.01. The van der Waals surface area contributed by atoms with Crippen LogP contribution in [0.15, 0.2) is 47.8 Å². The number of pyridine rings is 1. The summed E-state index contributed by atoms with van der Waals surface area (Å²) in [7, 11) is 0. The predicted molar refractivity (Wildman–Crippen MR) is 79.8 cm³/mol. The van der Waals surface area contributed by atoms with Gasteiger partial charge in [-0.3, -0.25) is 0 Å². The van der Waals surface area contributed by atoms with Gasteiger partial charge in [0.05, 0.1) is 11.8 Å². The van der Waals surface area contributed by atoms with Gasteiger partial charge in [0.2, 0.25) is 5.95 Å². The molecule has 0 unspecified atom stereocenters. The van der Waals surface area contributed by atoms with Crippen molar-refractivity contribution in [2.45, 2.75) is 19.3 Å². The first-order valence-corrected chi connectivity index (χ1v) is 6.65. The molecule has 1 aromatic heterocycles. The molecule has 2 aromatic rings. The van der Waals surface area contributed by atoms with Crippen LogP contribution in [0.25, 0.3) is 0 Å². The van der Waals surface area contributed by atoms with E-state index in [9.17, 15) is 4.39 Å². The molecule has 3 nitrogen and oxygen atoms in total. The van der Waals surface area contributed by atoms with Crippen LogP contribution in [-0.4, -0.2) is 16.4 Å². The molecule has 2 rings (SSSR count). The van der Waals surface area contributed by atoms with Crippen molar-refractivity contribution in [3.63, 3.8) is 0 Å². The zero-order valence-electron chi connectivity index (χ0n) is 11.5. The number of unbranched alkanes of at least 4 members (excludes halogenated alkanes) is 1. The topological polar surface area (TPSA) is 45.5 Å². The molecule has 1 N–H and O–H groups in total. The molecule has 0 saturated carbocycles. The quantitative estimate of drug-likeness (QED) is 0.233. The summed E-state index contributed by atoms with van der Waals surface area (Å²) in [5.74, 6) is 5.30. The molecule has 0 bridgehead atoms. The van der Waals surface area contributed by atoms with Gasteiger partial charge in [-0.2, -0.15) is 4.39 Å². The van der Waals surface area contributed by atoms with E-state index in [-0.39, 0.29) is 5.56 Å². The third kappa shape index (κ3) is 4.73. The van der Waals surface area contributed by atoms with Crippen LogP contribution >= 0.6 is 0 Å². The lowest BCUT2D eigenvalue weighted by molar-refractivity contribution is 0.321. The summed E-state index contributed by atoms with van der Waals surface area (Å²) >= 11 is 0. The van der Waals surface area contributed by atoms with Crippen molar-refractivity contribution >= 4 is 6.21 Å². The molecule has 0 atom stereocenters. The minimum atomic E-state index is -0.678. The molecular formula is C17H15FN2O. The highest BCUT2D eigenvalue weighted by atomic mass is 19.1. The number of oxime groups is 1. The predicted octanol–water partition coefficient (Wildman–Crippen LogP) is 3.40. The van der Waals surface area contributed by atoms with E-state index in [0.717, 1.165) is 25.5 Å². The number of rotatable bonds is 4. The molecule has 0 fully saturated rings. The summed E-state index contributed by atoms with van der Waals surface area (Å²) in [5, 5.41) is 11.2. The van der Waals surface area contributed by atoms with Crippen molar-refractivity contribution in [3.8, 4) is 11.8 Å². The number of nitrogens with zero attached hydrogens (tertiary/aromatic N) is 2. The van der Waals surface area contributed by atoms with Crippen LogP contribution in [0.1, 0.15) is 29.5 Å². The Morgan fingerprint density at radius 1 is 1.29 bits per heavy atom. The second kappa shape index (κ2) is 7.81. The van der Waals surface area contributed by atoms with E-state index in [1.165, 1.54) is 17.8 Å². The van der Waals surface area contributed by atoms with Gasteiger partial charge in [-0.15, -0.1) is 0 Å². The molecule has 1 aromatic carbocycles. The molecule has 0 aliphatic heterocycles. The van der Waals surface area contributed by atoms with Gasteiger partial charge in [0.25, 0.3) is 0 Å². The summed E-state index contributed by atoms with van der Waals surface area (Å²) in [4.78, 5) is 3.57. The minimum Gasteiger partial charge on any atom is -0.411 e. The van der Waals surface area contributed by atoms with Crippen LogP contribution in [0.4, 0.5) is 4.39 Å². The average molecular weight is 282 g/mol. The van der Waals surface area contributed by atoms with Crippen LogP contribution in [-0.2, 0) is 6.42 Å². The normalized spacial score (nSPS) is 10.3. The molecule has 0 spiro atoms.